The van der Waals surface area contributed by atoms with Gasteiger partial charge in [0.05, 0.1) is 27.9 Å². The maximum absolute atomic E-state index is 5.17. The largest absolute Gasteiger partial charge is 0.310 e. The van der Waals surface area contributed by atoms with E-state index in [1.807, 2.05) is 12.1 Å². The molecule has 12 aromatic rings. The summed E-state index contributed by atoms with van der Waals surface area (Å²) in [6, 6.07) is 90.6. The summed E-state index contributed by atoms with van der Waals surface area (Å²) < 4.78 is 2.39. The quantitative estimate of drug-likeness (QED) is 0.145. The molecule has 0 N–H and O–H groups in total. The van der Waals surface area contributed by atoms with Gasteiger partial charge in [-0.3, -0.25) is 0 Å². The van der Waals surface area contributed by atoms with E-state index in [-0.39, 0.29) is 0 Å². The van der Waals surface area contributed by atoms with Gasteiger partial charge in [0.2, 0.25) is 0 Å². The fraction of sp³-hybridized carbons (Fsp3) is 0. The van der Waals surface area contributed by atoms with Gasteiger partial charge < -0.3 is 9.47 Å². The number of aromatic nitrogens is 3. The first-order chi connectivity index (χ1) is 32.7. The van der Waals surface area contributed by atoms with Crippen molar-refractivity contribution < 1.29 is 0 Å². The number of fused-ring (bicyclic) bond motifs is 4. The number of benzene rings is 10. The SMILES string of the molecule is c1ccc(-c2ccc(N(c3ccc(-n4c5ccccc5c5cc(-c6cccc(-c7nc(-c8ccccc8)c8ccccc8n7)c6)ccc54)cc3)c3ccccc3-c3ccccc3)cc2)cc1. The van der Waals surface area contributed by atoms with Gasteiger partial charge in [0.1, 0.15) is 0 Å². The lowest BCUT2D eigenvalue weighted by Gasteiger charge is -2.28. The third kappa shape index (κ3) is 7.08. The van der Waals surface area contributed by atoms with Crippen LogP contribution in [0.25, 0.3) is 94.4 Å². The van der Waals surface area contributed by atoms with E-state index in [9.17, 15) is 0 Å². The molecule has 0 atom stereocenters. The Morgan fingerprint density at radius 3 is 1.61 bits per heavy atom. The number of rotatable bonds is 9. The third-order valence-electron chi connectivity index (χ3n) is 12.6. The first-order valence-electron chi connectivity index (χ1n) is 22.4. The summed E-state index contributed by atoms with van der Waals surface area (Å²) >= 11 is 0. The highest BCUT2D eigenvalue weighted by atomic mass is 15.1. The molecule has 0 bridgehead atoms. The van der Waals surface area contributed by atoms with Gasteiger partial charge in [0.25, 0.3) is 0 Å². The molecule has 2 heterocycles. The monoisotopic (exact) mass is 842 g/mol. The zero-order valence-corrected chi connectivity index (χ0v) is 36.0. The average Bonchev–Trinajstić information content (AvgIpc) is 3.73. The molecule has 4 nitrogen and oxygen atoms in total. The number of anilines is 3. The molecule has 0 saturated carbocycles. The molecule has 0 aliphatic heterocycles. The van der Waals surface area contributed by atoms with E-state index < -0.39 is 0 Å². The molecule has 0 radical (unpaired) electrons. The molecule has 0 aliphatic rings. The van der Waals surface area contributed by atoms with Crippen molar-refractivity contribution in [1.82, 2.24) is 14.5 Å². The minimum absolute atomic E-state index is 0.710. The van der Waals surface area contributed by atoms with Gasteiger partial charge in [0, 0.05) is 49.9 Å². The lowest BCUT2D eigenvalue weighted by Crippen LogP contribution is -2.11. The Labute approximate surface area is 384 Å². The molecule has 4 heteroatoms. The van der Waals surface area contributed by atoms with E-state index >= 15 is 0 Å². The van der Waals surface area contributed by atoms with Crippen molar-refractivity contribution in [2.45, 2.75) is 0 Å². The smallest absolute Gasteiger partial charge is 0.160 e. The molecule has 0 aliphatic carbocycles. The van der Waals surface area contributed by atoms with E-state index in [1.54, 1.807) is 0 Å². The van der Waals surface area contributed by atoms with Gasteiger partial charge >= 0.3 is 0 Å². The normalized spacial score (nSPS) is 11.3. The van der Waals surface area contributed by atoms with E-state index in [2.05, 4.69) is 252 Å². The summed E-state index contributed by atoms with van der Waals surface area (Å²) in [7, 11) is 0. The van der Waals surface area contributed by atoms with Crippen LogP contribution in [0, 0.1) is 0 Å². The van der Waals surface area contributed by atoms with Crippen LogP contribution in [0.2, 0.25) is 0 Å². The Kier molecular flexibility index (Phi) is 9.81. The van der Waals surface area contributed by atoms with Gasteiger partial charge in [0.15, 0.2) is 5.82 Å². The lowest BCUT2D eigenvalue weighted by atomic mass is 10.00. The highest BCUT2D eigenvalue weighted by Crippen LogP contribution is 2.43. The topological polar surface area (TPSA) is 34.0 Å². The van der Waals surface area contributed by atoms with Crippen LogP contribution in [0.4, 0.5) is 17.1 Å². The summed E-state index contributed by atoms with van der Waals surface area (Å²) in [5, 5.41) is 3.44. The molecular formula is C62H42N4. The van der Waals surface area contributed by atoms with Gasteiger partial charge in [-0.2, -0.15) is 0 Å². The van der Waals surface area contributed by atoms with Gasteiger partial charge in [-0.25, -0.2) is 9.97 Å². The zero-order valence-electron chi connectivity index (χ0n) is 36.0. The summed E-state index contributed by atoms with van der Waals surface area (Å²) in [6.07, 6.45) is 0. The minimum atomic E-state index is 0.710. The number of para-hydroxylation sites is 3. The summed E-state index contributed by atoms with van der Waals surface area (Å²) in [5.74, 6) is 0.710. The highest BCUT2D eigenvalue weighted by molar-refractivity contribution is 6.10. The Morgan fingerprint density at radius 1 is 0.318 bits per heavy atom. The summed E-state index contributed by atoms with van der Waals surface area (Å²) in [6.45, 7) is 0. The molecule has 310 valence electrons. The maximum Gasteiger partial charge on any atom is 0.160 e. The van der Waals surface area contributed by atoms with Crippen LogP contribution in [0.3, 0.4) is 0 Å². The van der Waals surface area contributed by atoms with Crippen molar-refractivity contribution in [2.75, 3.05) is 4.90 Å². The predicted octanol–water partition coefficient (Wildman–Crippen LogP) is 16.5. The number of nitrogens with zero attached hydrogens (tertiary/aromatic N) is 4. The Balaban J connectivity index is 0.934. The summed E-state index contributed by atoms with van der Waals surface area (Å²) in [4.78, 5) is 12.6. The fourth-order valence-electron chi connectivity index (χ4n) is 9.43. The van der Waals surface area contributed by atoms with Crippen LogP contribution in [0.1, 0.15) is 0 Å². The van der Waals surface area contributed by atoms with E-state index in [4.69, 9.17) is 9.97 Å². The van der Waals surface area contributed by atoms with Crippen molar-refractivity contribution in [2.24, 2.45) is 0 Å². The van der Waals surface area contributed by atoms with E-state index in [0.717, 1.165) is 72.6 Å². The van der Waals surface area contributed by atoms with Gasteiger partial charge in [-0.15, -0.1) is 0 Å². The fourth-order valence-corrected chi connectivity index (χ4v) is 9.43. The second kappa shape index (κ2) is 16.7. The number of hydrogen-bond donors (Lipinski definition) is 0. The zero-order chi connectivity index (χ0) is 43.8. The molecule has 0 unspecified atom stereocenters. The first-order valence-corrected chi connectivity index (χ1v) is 22.4. The first kappa shape index (κ1) is 38.8. The predicted molar refractivity (Wildman–Crippen MR) is 276 cm³/mol. The van der Waals surface area contributed by atoms with Crippen molar-refractivity contribution >= 4 is 49.8 Å². The molecule has 0 fully saturated rings. The molecule has 12 rings (SSSR count). The molecule has 2 aromatic heterocycles. The van der Waals surface area contributed by atoms with Gasteiger partial charge in [-0.1, -0.05) is 182 Å². The van der Waals surface area contributed by atoms with Crippen LogP contribution in [0.5, 0.6) is 0 Å². The standard InChI is InChI=1S/C62H42N4/c1-4-17-43(18-5-1)44-31-34-50(35-32-44)65(58-29-14-11-25-53(58)45-19-6-2-7-20-45)51-36-38-52(39-37-51)66-59-30-15-12-26-54(59)56-42-48(33-40-60(56)66)47-23-16-24-49(41-47)62-63-57-28-13-10-27-55(57)61(64-62)46-21-8-3-9-22-46/h1-42H. The van der Waals surface area contributed by atoms with Crippen molar-refractivity contribution in [3.63, 3.8) is 0 Å². The molecule has 0 spiro atoms. The second-order valence-electron chi connectivity index (χ2n) is 16.6. The minimum Gasteiger partial charge on any atom is -0.310 e. The van der Waals surface area contributed by atoms with E-state index in [0.29, 0.717) is 5.82 Å². The molecule has 66 heavy (non-hydrogen) atoms. The summed E-state index contributed by atoms with van der Waals surface area (Å²) in [5.41, 5.74) is 17.6. The molecule has 0 saturated heterocycles. The van der Waals surface area contributed by atoms with Crippen molar-refractivity contribution in [3.8, 4) is 61.7 Å². The second-order valence-corrected chi connectivity index (χ2v) is 16.6. The Bertz CT molecular complexity index is 3670. The molecule has 0 amide bonds. The maximum atomic E-state index is 5.17. The van der Waals surface area contributed by atoms with Crippen molar-refractivity contribution in [1.29, 1.82) is 0 Å². The third-order valence-corrected chi connectivity index (χ3v) is 12.6. The van der Waals surface area contributed by atoms with E-state index in [1.165, 1.54) is 33.0 Å². The van der Waals surface area contributed by atoms with Gasteiger partial charge in [-0.05, 0) is 101 Å². The average molecular weight is 843 g/mol. The Hall–Kier alpha value is -8.86. The van der Waals surface area contributed by atoms with Crippen LogP contribution in [0.15, 0.2) is 255 Å². The Morgan fingerprint density at radius 2 is 0.848 bits per heavy atom. The number of hydrogen-bond acceptors (Lipinski definition) is 3. The lowest BCUT2D eigenvalue weighted by molar-refractivity contribution is 1.17. The highest BCUT2D eigenvalue weighted by Gasteiger charge is 2.19. The molecule has 10 aromatic carbocycles. The molecular weight excluding hydrogens is 801 g/mol. The van der Waals surface area contributed by atoms with Crippen LogP contribution in [-0.2, 0) is 0 Å². The van der Waals surface area contributed by atoms with Crippen LogP contribution < -0.4 is 4.90 Å². The van der Waals surface area contributed by atoms with Crippen molar-refractivity contribution in [3.05, 3.63) is 255 Å². The van der Waals surface area contributed by atoms with Crippen LogP contribution >= 0.6 is 0 Å². The van der Waals surface area contributed by atoms with Crippen LogP contribution in [-0.4, -0.2) is 14.5 Å².